The molecule has 1 amide bonds. The fourth-order valence-electron chi connectivity index (χ4n) is 4.67. The molecule has 3 N–H and O–H groups in total. The first kappa shape index (κ1) is 26.9. The maximum Gasteiger partial charge on any atom is 0.234 e. The molecular formula is C27H26N6O3S3. The summed E-state index contributed by atoms with van der Waals surface area (Å²) in [6, 6.07) is 13.4. The van der Waals surface area contributed by atoms with Crippen LogP contribution in [0.4, 0.5) is 10.8 Å². The highest BCUT2D eigenvalue weighted by molar-refractivity contribution is 8.01. The number of ketones is 1. The minimum Gasteiger partial charge on any atom is -0.494 e. The number of nitrogens with two attached hydrogens (primary N) is 1. The van der Waals surface area contributed by atoms with E-state index in [2.05, 4.69) is 21.6 Å². The third-order valence-electron chi connectivity index (χ3n) is 6.32. The van der Waals surface area contributed by atoms with Crippen molar-refractivity contribution in [2.45, 2.75) is 43.4 Å². The summed E-state index contributed by atoms with van der Waals surface area (Å²) in [5, 5.41) is 22.0. The van der Waals surface area contributed by atoms with Gasteiger partial charge in [-0.15, -0.1) is 21.5 Å². The largest absolute Gasteiger partial charge is 0.494 e. The van der Waals surface area contributed by atoms with Crippen LogP contribution in [0.1, 0.15) is 41.9 Å². The number of nitrogens with one attached hydrogen (secondary N) is 1. The number of hydrogen-bond acceptors (Lipinski definition) is 11. The fraction of sp³-hybridized carbons (Fsp3) is 0.296. The Morgan fingerprint density at radius 1 is 1.23 bits per heavy atom. The first-order valence-corrected chi connectivity index (χ1v) is 15.0. The lowest BCUT2D eigenvalue weighted by Gasteiger charge is -2.37. The second kappa shape index (κ2) is 11.6. The number of thioether (sulfide) groups is 1. The predicted octanol–water partition coefficient (Wildman–Crippen LogP) is 5.34. The molecule has 1 aromatic carbocycles. The first-order valence-electron chi connectivity index (χ1n) is 12.4. The van der Waals surface area contributed by atoms with E-state index in [1.807, 2.05) is 26.0 Å². The molecule has 0 saturated carbocycles. The molecule has 2 aliphatic rings. The molecule has 0 radical (unpaired) electrons. The Morgan fingerprint density at radius 3 is 2.72 bits per heavy atom. The lowest BCUT2D eigenvalue weighted by atomic mass is 9.78. The summed E-state index contributed by atoms with van der Waals surface area (Å²) in [5.41, 5.74) is 9.01. The van der Waals surface area contributed by atoms with Gasteiger partial charge in [-0.05, 0) is 63.1 Å². The minimum atomic E-state index is -0.471. The molecule has 0 spiro atoms. The number of amides is 1. The Hall–Kier alpha value is -3.66. The second-order valence-corrected chi connectivity index (χ2v) is 12.4. The number of hydrogen-bond donors (Lipinski definition) is 2. The number of nitrogens with zero attached hydrogens (tertiary/aromatic N) is 4. The molecule has 0 saturated heterocycles. The number of ether oxygens (including phenoxy) is 1. The van der Waals surface area contributed by atoms with Crippen LogP contribution in [0.25, 0.3) is 0 Å². The van der Waals surface area contributed by atoms with Gasteiger partial charge in [0, 0.05) is 33.1 Å². The Bertz CT molecular complexity index is 1520. The third kappa shape index (κ3) is 5.56. The van der Waals surface area contributed by atoms with E-state index in [9.17, 15) is 14.9 Å². The molecule has 39 heavy (non-hydrogen) atoms. The summed E-state index contributed by atoms with van der Waals surface area (Å²) in [6.45, 7) is 4.49. The molecule has 1 aliphatic heterocycles. The van der Waals surface area contributed by atoms with Crippen molar-refractivity contribution in [3.05, 3.63) is 68.8 Å². The van der Waals surface area contributed by atoms with Gasteiger partial charge in [-0.1, -0.05) is 23.1 Å². The van der Waals surface area contributed by atoms with Gasteiger partial charge in [0.15, 0.2) is 10.1 Å². The van der Waals surface area contributed by atoms with Crippen LogP contribution < -0.4 is 20.7 Å². The van der Waals surface area contributed by atoms with Gasteiger partial charge in [0.1, 0.15) is 11.6 Å². The van der Waals surface area contributed by atoms with Gasteiger partial charge < -0.3 is 15.8 Å². The lowest BCUT2D eigenvalue weighted by Crippen LogP contribution is -2.38. The van der Waals surface area contributed by atoms with E-state index < -0.39 is 5.92 Å². The second-order valence-electron chi connectivity index (χ2n) is 8.91. The van der Waals surface area contributed by atoms with Crippen LogP contribution in [0.2, 0.25) is 0 Å². The molecule has 1 aliphatic carbocycles. The number of thiophene rings is 1. The van der Waals surface area contributed by atoms with E-state index >= 15 is 0 Å². The summed E-state index contributed by atoms with van der Waals surface area (Å²) in [7, 11) is 0. The van der Waals surface area contributed by atoms with E-state index in [1.165, 1.54) is 23.1 Å². The van der Waals surface area contributed by atoms with E-state index in [4.69, 9.17) is 10.5 Å². The predicted molar refractivity (Wildman–Crippen MR) is 154 cm³/mol. The smallest absolute Gasteiger partial charge is 0.234 e. The highest BCUT2D eigenvalue weighted by Crippen LogP contribution is 2.48. The summed E-state index contributed by atoms with van der Waals surface area (Å²) in [5.74, 6) is 0.531. The van der Waals surface area contributed by atoms with E-state index in [0.717, 1.165) is 21.2 Å². The molecule has 5 rings (SSSR count). The highest BCUT2D eigenvalue weighted by atomic mass is 32.2. The zero-order valence-corrected chi connectivity index (χ0v) is 23.8. The summed E-state index contributed by atoms with van der Waals surface area (Å²) < 4.78 is 6.01. The molecule has 200 valence electrons. The molecule has 3 aromatic rings. The quantitative estimate of drug-likeness (QED) is 0.340. The number of aryl methyl sites for hydroxylation is 1. The SMILES string of the molecule is CCOc1ccc(NC(=O)CSc2nnc(N3C(N)=C(C#N)C(c4ccc(C)s4)C4=C3CCCC4=O)s2)cc1. The maximum atomic E-state index is 13.2. The van der Waals surface area contributed by atoms with Crippen molar-refractivity contribution in [1.29, 1.82) is 5.26 Å². The molecule has 2 aromatic heterocycles. The Morgan fingerprint density at radius 2 is 2.03 bits per heavy atom. The number of carbonyl (C=O) groups is 2. The molecule has 9 nitrogen and oxygen atoms in total. The van der Waals surface area contributed by atoms with Gasteiger partial charge in [-0.2, -0.15) is 5.26 Å². The molecule has 1 unspecified atom stereocenters. The maximum absolute atomic E-state index is 13.2. The third-order valence-corrected chi connectivity index (χ3v) is 9.43. The molecule has 3 heterocycles. The number of allylic oxidation sites excluding steroid dienone is 3. The topological polar surface area (TPSA) is 134 Å². The van der Waals surface area contributed by atoms with Crippen molar-refractivity contribution in [3.8, 4) is 11.8 Å². The van der Waals surface area contributed by atoms with Crippen LogP contribution in [0.5, 0.6) is 5.75 Å². The normalized spacial score (nSPS) is 17.2. The van der Waals surface area contributed by atoms with Crippen LogP contribution in [-0.4, -0.2) is 34.2 Å². The van der Waals surface area contributed by atoms with E-state index in [1.54, 1.807) is 40.5 Å². The van der Waals surface area contributed by atoms with Gasteiger partial charge in [0.2, 0.25) is 11.0 Å². The Kier molecular flexibility index (Phi) is 8.02. The van der Waals surface area contributed by atoms with Crippen LogP contribution >= 0.6 is 34.4 Å². The number of anilines is 2. The molecule has 0 bridgehead atoms. The fourth-order valence-corrected chi connectivity index (χ4v) is 7.35. The standard InChI is InChI=1S/C27H26N6O3S3/c1-3-36-17-10-8-16(9-11-17)30-22(35)14-37-27-32-31-26(39-27)33-19-5-4-6-20(34)24(19)23(18(13-28)25(33)29)21-12-7-15(2)38-21/h7-12,23H,3-6,14,29H2,1-2H3,(H,30,35). The minimum absolute atomic E-state index is 0.0302. The molecule has 0 fully saturated rings. The van der Waals surface area contributed by atoms with Crippen molar-refractivity contribution < 1.29 is 14.3 Å². The highest BCUT2D eigenvalue weighted by Gasteiger charge is 2.41. The van der Waals surface area contributed by atoms with E-state index in [-0.39, 0.29) is 23.3 Å². The van der Waals surface area contributed by atoms with Crippen molar-refractivity contribution in [2.24, 2.45) is 5.73 Å². The van der Waals surface area contributed by atoms with Crippen molar-refractivity contribution >= 4 is 56.9 Å². The zero-order chi connectivity index (χ0) is 27.5. The van der Waals surface area contributed by atoms with Gasteiger partial charge >= 0.3 is 0 Å². The average Bonchev–Trinajstić information content (AvgIpc) is 3.57. The van der Waals surface area contributed by atoms with Gasteiger partial charge in [0.05, 0.1) is 29.9 Å². The van der Waals surface area contributed by atoms with Crippen LogP contribution in [-0.2, 0) is 9.59 Å². The molecule has 1 atom stereocenters. The number of carbonyl (C=O) groups excluding carboxylic acids is 2. The van der Waals surface area contributed by atoms with E-state index in [0.29, 0.717) is 52.2 Å². The lowest BCUT2D eigenvalue weighted by molar-refractivity contribution is -0.116. The monoisotopic (exact) mass is 578 g/mol. The zero-order valence-electron chi connectivity index (χ0n) is 21.4. The van der Waals surface area contributed by atoms with Crippen molar-refractivity contribution in [3.63, 3.8) is 0 Å². The number of aromatic nitrogens is 2. The Balaban J connectivity index is 1.35. The van der Waals surface area contributed by atoms with Gasteiger partial charge in [-0.3, -0.25) is 14.5 Å². The number of nitriles is 1. The Labute approximate surface area is 238 Å². The number of rotatable bonds is 8. The summed E-state index contributed by atoms with van der Waals surface area (Å²) in [4.78, 5) is 29.5. The average molecular weight is 579 g/mol. The van der Waals surface area contributed by atoms with Crippen molar-refractivity contribution in [1.82, 2.24) is 10.2 Å². The van der Waals surface area contributed by atoms with Gasteiger partial charge in [-0.25, -0.2) is 0 Å². The number of benzene rings is 1. The van der Waals surface area contributed by atoms with Gasteiger partial charge in [0.25, 0.3) is 0 Å². The number of Topliss-reactive ketones (excluding diaryl/α,β-unsaturated/α-hetero) is 1. The van der Waals surface area contributed by atoms with Crippen LogP contribution in [0.15, 0.2) is 63.4 Å². The molecule has 12 heteroatoms. The van der Waals surface area contributed by atoms with Crippen molar-refractivity contribution in [2.75, 3.05) is 22.6 Å². The van der Waals surface area contributed by atoms with Crippen LogP contribution in [0, 0.1) is 18.3 Å². The van der Waals surface area contributed by atoms with Crippen LogP contribution in [0.3, 0.4) is 0 Å². The first-order chi connectivity index (χ1) is 18.9. The molecular weight excluding hydrogens is 553 g/mol. The summed E-state index contributed by atoms with van der Waals surface area (Å²) in [6.07, 6.45) is 1.78. The summed E-state index contributed by atoms with van der Waals surface area (Å²) >= 11 is 4.10.